The molecule has 1 N–H and O–H groups in total. The maximum absolute atomic E-state index is 11.4. The lowest BCUT2D eigenvalue weighted by atomic mass is 9.45. The van der Waals surface area contributed by atoms with Gasteiger partial charge in [-0.05, 0) is 104 Å². The van der Waals surface area contributed by atoms with Crippen LogP contribution in [-0.4, -0.2) is 17.8 Å². The van der Waals surface area contributed by atoms with Crippen LogP contribution in [0, 0.1) is 34.5 Å². The Balaban J connectivity index is 1.40. The van der Waals surface area contributed by atoms with Crippen LogP contribution in [0.1, 0.15) is 84.1 Å². The van der Waals surface area contributed by atoms with Gasteiger partial charge in [0, 0.05) is 5.41 Å². The van der Waals surface area contributed by atoms with E-state index < -0.39 is 0 Å². The molecule has 7 atom stereocenters. The molecule has 0 heterocycles. The topological polar surface area (TPSA) is 29.5 Å². The predicted molar refractivity (Wildman–Crippen MR) is 123 cm³/mol. The molecule has 0 radical (unpaired) electrons. The van der Waals surface area contributed by atoms with Gasteiger partial charge in [-0.2, -0.15) is 0 Å². The molecule has 0 unspecified atom stereocenters. The van der Waals surface area contributed by atoms with Crippen molar-refractivity contribution in [2.45, 2.75) is 84.7 Å². The van der Waals surface area contributed by atoms with E-state index in [0.717, 1.165) is 29.9 Å². The van der Waals surface area contributed by atoms with Crippen molar-refractivity contribution in [2.24, 2.45) is 34.5 Å². The van der Waals surface area contributed by atoms with Gasteiger partial charge in [-0.25, -0.2) is 0 Å². The van der Waals surface area contributed by atoms with Gasteiger partial charge >= 0.3 is 0 Å². The number of hydrogen-bond acceptors (Lipinski definition) is 2. The number of fused-ring (bicyclic) bond motifs is 5. The van der Waals surface area contributed by atoms with Crippen molar-refractivity contribution in [3.05, 3.63) is 35.4 Å². The van der Waals surface area contributed by atoms with Crippen LogP contribution in [0.3, 0.4) is 0 Å². The van der Waals surface area contributed by atoms with E-state index in [-0.39, 0.29) is 11.5 Å². The summed E-state index contributed by atoms with van der Waals surface area (Å²) in [6.45, 7) is 7.74. The molecule has 4 saturated carbocycles. The first-order chi connectivity index (χ1) is 14.5. The lowest BCUT2D eigenvalue weighted by Crippen LogP contribution is -2.53. The lowest BCUT2D eigenvalue weighted by Gasteiger charge is -2.60. The van der Waals surface area contributed by atoms with Crippen LogP contribution < -0.4 is 4.74 Å². The van der Waals surface area contributed by atoms with E-state index in [4.69, 9.17) is 4.74 Å². The van der Waals surface area contributed by atoms with Crippen molar-refractivity contribution in [3.8, 4) is 5.75 Å². The molecule has 1 aromatic carbocycles. The second-order valence-corrected chi connectivity index (χ2v) is 11.3. The second-order valence-electron chi connectivity index (χ2n) is 11.3. The molecule has 4 aliphatic carbocycles. The highest BCUT2D eigenvalue weighted by Gasteiger charge is 2.60. The third-order valence-corrected chi connectivity index (χ3v) is 10.00. The molecule has 2 nitrogen and oxygen atoms in total. The minimum absolute atomic E-state index is 0.0656. The summed E-state index contributed by atoms with van der Waals surface area (Å²) in [5.74, 6) is 4.23. The molecule has 0 spiro atoms. The Hall–Kier alpha value is -1.28. The standard InChI is InChI=1S/C28H40O2/c1-4-30-22-11-8-19(9-12-22)17-20-18-25-23-13-10-21-7-5-6-15-27(21,2)24(23)14-16-28(25,3)26(20)29/h8-9,11-12,17,21,23-26,29H,4-7,10,13-16,18H2,1-3H3/b20-17+/t21-,23+,24-,25+,26-,27-,28-/m0/s1. The van der Waals surface area contributed by atoms with E-state index >= 15 is 0 Å². The van der Waals surface area contributed by atoms with Crippen molar-refractivity contribution < 1.29 is 9.84 Å². The first kappa shape index (κ1) is 20.6. The van der Waals surface area contributed by atoms with E-state index in [2.05, 4.69) is 32.1 Å². The van der Waals surface area contributed by atoms with Gasteiger partial charge in [0.05, 0.1) is 12.7 Å². The Labute approximate surface area is 183 Å². The number of rotatable bonds is 3. The van der Waals surface area contributed by atoms with Gasteiger partial charge in [-0.3, -0.25) is 0 Å². The van der Waals surface area contributed by atoms with Crippen LogP contribution in [0.5, 0.6) is 5.75 Å². The van der Waals surface area contributed by atoms with E-state index in [1.165, 1.54) is 62.5 Å². The van der Waals surface area contributed by atoms with Crippen LogP contribution >= 0.6 is 0 Å². The van der Waals surface area contributed by atoms with Gasteiger partial charge in [0.15, 0.2) is 0 Å². The van der Waals surface area contributed by atoms with E-state index in [1.807, 2.05) is 19.1 Å². The summed E-state index contributed by atoms with van der Waals surface area (Å²) in [5.41, 5.74) is 3.09. The highest BCUT2D eigenvalue weighted by molar-refractivity contribution is 5.56. The summed E-state index contributed by atoms with van der Waals surface area (Å²) in [4.78, 5) is 0. The SMILES string of the molecule is CCOc1ccc(/C=C2\C[C@@H]3[C@@H]4CC[C@@H]5CCCC[C@]5(C)[C@H]4CC[C@]3(C)[C@H]2O)cc1. The molecule has 5 rings (SSSR count). The molecule has 0 saturated heterocycles. The fourth-order valence-electron chi connectivity index (χ4n) is 8.33. The molecule has 1 aromatic rings. The molecule has 30 heavy (non-hydrogen) atoms. The number of benzene rings is 1. The zero-order chi connectivity index (χ0) is 20.9. The van der Waals surface area contributed by atoms with Gasteiger partial charge in [0.2, 0.25) is 0 Å². The summed E-state index contributed by atoms with van der Waals surface area (Å²) in [6.07, 6.45) is 14.2. The van der Waals surface area contributed by atoms with Crippen LogP contribution in [0.4, 0.5) is 0 Å². The quantitative estimate of drug-likeness (QED) is 0.591. The maximum atomic E-state index is 11.4. The van der Waals surface area contributed by atoms with Crippen LogP contribution in [0.15, 0.2) is 29.8 Å². The minimum atomic E-state index is -0.285. The molecular weight excluding hydrogens is 368 g/mol. The fourth-order valence-corrected chi connectivity index (χ4v) is 8.33. The Morgan fingerprint density at radius 1 is 0.967 bits per heavy atom. The fraction of sp³-hybridized carbons (Fsp3) is 0.714. The maximum Gasteiger partial charge on any atom is 0.119 e. The smallest absolute Gasteiger partial charge is 0.119 e. The molecule has 2 heteroatoms. The largest absolute Gasteiger partial charge is 0.494 e. The zero-order valence-corrected chi connectivity index (χ0v) is 19.2. The average Bonchev–Trinajstić information content (AvgIpc) is 3.00. The van der Waals surface area contributed by atoms with Gasteiger partial charge in [-0.15, -0.1) is 0 Å². The van der Waals surface area contributed by atoms with E-state index in [9.17, 15) is 5.11 Å². The molecule has 0 amide bonds. The van der Waals surface area contributed by atoms with Gasteiger partial charge in [0.25, 0.3) is 0 Å². The van der Waals surface area contributed by atoms with Crippen LogP contribution in [-0.2, 0) is 0 Å². The number of hydrogen-bond donors (Lipinski definition) is 1. The van der Waals surface area contributed by atoms with E-state index in [1.54, 1.807) is 0 Å². The average molecular weight is 409 g/mol. The molecule has 4 aliphatic rings. The normalized spacial score (nSPS) is 44.3. The molecule has 0 aromatic heterocycles. The highest BCUT2D eigenvalue weighted by atomic mass is 16.5. The van der Waals surface area contributed by atoms with Crippen LogP contribution in [0.25, 0.3) is 6.08 Å². The summed E-state index contributed by atoms with van der Waals surface area (Å²) >= 11 is 0. The third kappa shape index (κ3) is 3.17. The monoisotopic (exact) mass is 408 g/mol. The Kier molecular flexibility index (Phi) is 5.29. The summed E-state index contributed by atoms with van der Waals surface area (Å²) in [6, 6.07) is 8.36. The van der Waals surface area contributed by atoms with Gasteiger partial charge < -0.3 is 9.84 Å². The van der Waals surface area contributed by atoms with Gasteiger partial charge in [0.1, 0.15) is 5.75 Å². The van der Waals surface area contributed by atoms with Crippen molar-refractivity contribution >= 4 is 6.08 Å². The number of ether oxygens (including phenoxy) is 1. The van der Waals surface area contributed by atoms with E-state index in [0.29, 0.717) is 17.9 Å². The van der Waals surface area contributed by atoms with Crippen LogP contribution in [0.2, 0.25) is 0 Å². The molecule has 4 fully saturated rings. The van der Waals surface area contributed by atoms with Crippen molar-refractivity contribution in [3.63, 3.8) is 0 Å². The summed E-state index contributed by atoms with van der Waals surface area (Å²) in [5, 5.41) is 11.4. The molecule has 0 bridgehead atoms. The van der Waals surface area contributed by atoms with Crippen molar-refractivity contribution in [1.29, 1.82) is 0 Å². The van der Waals surface area contributed by atoms with Crippen molar-refractivity contribution in [2.75, 3.05) is 6.61 Å². The molecule has 164 valence electrons. The Bertz CT molecular complexity index is 795. The predicted octanol–water partition coefficient (Wildman–Crippen LogP) is 6.87. The molecular formula is C28H40O2. The minimum Gasteiger partial charge on any atom is -0.494 e. The Morgan fingerprint density at radius 2 is 1.77 bits per heavy atom. The third-order valence-electron chi connectivity index (χ3n) is 10.00. The van der Waals surface area contributed by atoms with Crippen molar-refractivity contribution in [1.82, 2.24) is 0 Å². The Morgan fingerprint density at radius 3 is 2.53 bits per heavy atom. The second kappa shape index (κ2) is 7.69. The first-order valence-corrected chi connectivity index (χ1v) is 12.6. The first-order valence-electron chi connectivity index (χ1n) is 12.6. The number of aliphatic hydroxyl groups is 1. The summed E-state index contributed by atoms with van der Waals surface area (Å²) in [7, 11) is 0. The zero-order valence-electron chi connectivity index (χ0n) is 19.2. The lowest BCUT2D eigenvalue weighted by molar-refractivity contribution is -0.119. The highest BCUT2D eigenvalue weighted by Crippen LogP contribution is 2.67. The summed E-state index contributed by atoms with van der Waals surface area (Å²) < 4.78 is 5.59. The van der Waals surface area contributed by atoms with Gasteiger partial charge in [-0.1, -0.05) is 44.9 Å². The molecule has 0 aliphatic heterocycles. The number of aliphatic hydroxyl groups excluding tert-OH is 1.